The summed E-state index contributed by atoms with van der Waals surface area (Å²) in [4.78, 5) is 35.3. The number of hydrogen-bond acceptors (Lipinski definition) is 5. The van der Waals surface area contributed by atoms with Gasteiger partial charge in [0.25, 0.3) is 5.69 Å². The van der Waals surface area contributed by atoms with Gasteiger partial charge in [-0.05, 0) is 30.7 Å². The minimum Gasteiger partial charge on any atom is -0.326 e. The number of benzene rings is 2. The first kappa shape index (κ1) is 20.6. The van der Waals surface area contributed by atoms with Crippen molar-refractivity contribution in [3.8, 4) is 0 Å². The van der Waals surface area contributed by atoms with Crippen molar-refractivity contribution in [2.45, 2.75) is 29.7 Å². The second kappa shape index (κ2) is 7.74. The summed E-state index contributed by atoms with van der Waals surface area (Å²) in [6.45, 7) is 1.66. The first-order valence-corrected chi connectivity index (χ1v) is 9.16. The quantitative estimate of drug-likeness (QED) is 0.560. The number of nitro benzene ring substituents is 1. The molecule has 0 radical (unpaired) electrons. The number of aryl methyl sites for hydroxylation is 1. The molecule has 1 aliphatic heterocycles. The van der Waals surface area contributed by atoms with Gasteiger partial charge >= 0.3 is 6.18 Å². The summed E-state index contributed by atoms with van der Waals surface area (Å²) in [6.07, 6.45) is -4.78. The average Bonchev–Trinajstić information content (AvgIpc) is 2.62. The highest BCUT2D eigenvalue weighted by atomic mass is 32.2. The summed E-state index contributed by atoms with van der Waals surface area (Å²) in [5, 5.41) is 15.0. The van der Waals surface area contributed by atoms with Crippen LogP contribution in [0.5, 0.6) is 0 Å². The van der Waals surface area contributed by atoms with Crippen LogP contribution >= 0.6 is 11.8 Å². The largest absolute Gasteiger partial charge is 0.416 e. The molecule has 0 aliphatic carbocycles. The number of nitro groups is 1. The Balaban J connectivity index is 1.72. The zero-order valence-corrected chi connectivity index (χ0v) is 15.7. The second-order valence-corrected chi connectivity index (χ2v) is 7.56. The van der Waals surface area contributed by atoms with Gasteiger partial charge in [0.1, 0.15) is 0 Å². The minimum atomic E-state index is -4.53. The fraction of sp³-hybridized carbons (Fsp3) is 0.222. The third-order valence-electron chi connectivity index (χ3n) is 4.20. The Labute approximate surface area is 166 Å². The number of halogens is 3. The number of non-ortho nitro benzene ring substituents is 1. The number of carbonyl (C=O) groups is 2. The van der Waals surface area contributed by atoms with E-state index in [0.29, 0.717) is 10.5 Å². The van der Waals surface area contributed by atoms with Gasteiger partial charge in [-0.25, -0.2) is 0 Å². The van der Waals surface area contributed by atoms with Crippen LogP contribution in [0.15, 0.2) is 41.3 Å². The average molecular weight is 425 g/mol. The maximum absolute atomic E-state index is 12.8. The van der Waals surface area contributed by atoms with Gasteiger partial charge in [0.05, 0.1) is 27.1 Å². The molecule has 0 spiro atoms. The van der Waals surface area contributed by atoms with E-state index in [1.54, 1.807) is 6.92 Å². The van der Waals surface area contributed by atoms with Gasteiger partial charge < -0.3 is 10.6 Å². The number of amides is 2. The van der Waals surface area contributed by atoms with Crippen molar-refractivity contribution in [1.82, 2.24) is 0 Å². The number of hydrogen-bond donors (Lipinski definition) is 2. The molecule has 0 aromatic heterocycles. The second-order valence-electron chi connectivity index (χ2n) is 6.31. The maximum Gasteiger partial charge on any atom is 0.416 e. The zero-order valence-electron chi connectivity index (χ0n) is 14.9. The van der Waals surface area contributed by atoms with Crippen LogP contribution in [0.25, 0.3) is 0 Å². The predicted molar refractivity (Wildman–Crippen MR) is 101 cm³/mol. The fourth-order valence-corrected chi connectivity index (χ4v) is 3.78. The molecule has 2 aromatic carbocycles. The van der Waals surface area contributed by atoms with Crippen LogP contribution in [-0.2, 0) is 15.8 Å². The molecular formula is C18H14F3N3O4S. The molecule has 11 heteroatoms. The van der Waals surface area contributed by atoms with Crippen molar-refractivity contribution in [2.24, 2.45) is 0 Å². The van der Waals surface area contributed by atoms with Crippen LogP contribution in [0, 0.1) is 17.0 Å². The molecule has 0 saturated heterocycles. The summed E-state index contributed by atoms with van der Waals surface area (Å²) in [6, 6.07) is 7.02. The fourth-order valence-electron chi connectivity index (χ4n) is 2.69. The van der Waals surface area contributed by atoms with E-state index in [-0.39, 0.29) is 23.5 Å². The molecule has 7 nitrogen and oxygen atoms in total. The highest BCUT2D eigenvalue weighted by molar-refractivity contribution is 8.01. The van der Waals surface area contributed by atoms with Gasteiger partial charge in [-0.15, -0.1) is 11.8 Å². The summed E-state index contributed by atoms with van der Waals surface area (Å²) in [5.41, 5.74) is -0.170. The number of nitrogens with zero attached hydrogens (tertiary/aromatic N) is 1. The third kappa shape index (κ3) is 4.67. The van der Waals surface area contributed by atoms with E-state index < -0.39 is 33.7 Å². The molecule has 0 saturated carbocycles. The van der Waals surface area contributed by atoms with Crippen molar-refractivity contribution in [3.63, 3.8) is 0 Å². The van der Waals surface area contributed by atoms with Crippen LogP contribution in [0.3, 0.4) is 0 Å². The van der Waals surface area contributed by atoms with Gasteiger partial charge in [0, 0.05) is 23.4 Å². The van der Waals surface area contributed by atoms with Crippen LogP contribution in [0.1, 0.15) is 17.5 Å². The first-order valence-electron chi connectivity index (χ1n) is 8.28. The number of alkyl halides is 3. The van der Waals surface area contributed by atoms with Crippen LogP contribution in [0.2, 0.25) is 0 Å². The van der Waals surface area contributed by atoms with Gasteiger partial charge in [0.15, 0.2) is 0 Å². The Morgan fingerprint density at radius 1 is 1.28 bits per heavy atom. The van der Waals surface area contributed by atoms with Crippen molar-refractivity contribution in [1.29, 1.82) is 0 Å². The lowest BCUT2D eigenvalue weighted by Crippen LogP contribution is -2.32. The molecule has 1 atom stereocenters. The molecule has 152 valence electrons. The molecule has 2 aromatic rings. The van der Waals surface area contributed by atoms with Crippen LogP contribution in [-0.4, -0.2) is 22.0 Å². The van der Waals surface area contributed by atoms with Crippen molar-refractivity contribution < 1.29 is 27.7 Å². The first-order chi connectivity index (χ1) is 13.5. The summed E-state index contributed by atoms with van der Waals surface area (Å²) in [5.74, 6) is -1.13. The van der Waals surface area contributed by atoms with E-state index >= 15 is 0 Å². The molecule has 0 bridgehead atoms. The smallest absolute Gasteiger partial charge is 0.326 e. The topological polar surface area (TPSA) is 101 Å². The molecule has 0 unspecified atom stereocenters. The van der Waals surface area contributed by atoms with E-state index in [1.165, 1.54) is 24.3 Å². The van der Waals surface area contributed by atoms with Gasteiger partial charge in [-0.2, -0.15) is 13.2 Å². The van der Waals surface area contributed by atoms with E-state index in [4.69, 9.17) is 0 Å². The number of rotatable bonds is 4. The molecule has 2 amide bonds. The predicted octanol–water partition coefficient (Wildman–Crippen LogP) is 4.36. The lowest BCUT2D eigenvalue weighted by atomic mass is 10.1. The highest BCUT2D eigenvalue weighted by Gasteiger charge is 2.34. The number of nitrogens with one attached hydrogen (secondary N) is 2. The van der Waals surface area contributed by atoms with E-state index in [9.17, 15) is 32.9 Å². The van der Waals surface area contributed by atoms with E-state index in [1.807, 2.05) is 0 Å². The molecule has 2 N–H and O–H groups in total. The maximum atomic E-state index is 12.8. The van der Waals surface area contributed by atoms with E-state index in [0.717, 1.165) is 23.9 Å². The normalized spacial score (nSPS) is 16.0. The number of thioether (sulfide) groups is 1. The van der Waals surface area contributed by atoms with Gasteiger partial charge in [-0.1, -0.05) is 6.07 Å². The third-order valence-corrected chi connectivity index (χ3v) is 5.48. The monoisotopic (exact) mass is 425 g/mol. The Bertz CT molecular complexity index is 1010. The number of carbonyl (C=O) groups excluding carboxylic acids is 2. The number of anilines is 2. The van der Waals surface area contributed by atoms with Crippen molar-refractivity contribution >= 4 is 40.6 Å². The lowest BCUT2D eigenvalue weighted by Gasteiger charge is -2.24. The zero-order chi connectivity index (χ0) is 21.3. The summed E-state index contributed by atoms with van der Waals surface area (Å²) in [7, 11) is 0. The number of fused-ring (bicyclic) bond motifs is 1. The van der Waals surface area contributed by atoms with Crippen molar-refractivity contribution in [3.05, 3.63) is 57.6 Å². The van der Waals surface area contributed by atoms with E-state index in [2.05, 4.69) is 10.6 Å². The molecule has 1 aliphatic rings. The molecule has 29 heavy (non-hydrogen) atoms. The standard InChI is InChI=1S/C18H14F3N3O4S/c1-9-2-4-11(24(27)28)7-12(9)22-16(25)8-15-17(26)23-13-6-10(18(19,20)21)3-5-14(13)29-15/h2-7,15H,8H2,1H3,(H,22,25)(H,23,26)/t15-/m1/s1. The minimum absolute atomic E-state index is 0.0426. The SMILES string of the molecule is Cc1ccc([N+](=O)[O-])cc1NC(=O)C[C@H]1Sc2ccc(C(F)(F)F)cc2NC1=O. The Morgan fingerprint density at radius 2 is 2.00 bits per heavy atom. The van der Waals surface area contributed by atoms with Gasteiger partial charge in [0.2, 0.25) is 11.8 Å². The van der Waals surface area contributed by atoms with Crippen LogP contribution < -0.4 is 10.6 Å². The molecular weight excluding hydrogens is 411 g/mol. The summed E-state index contributed by atoms with van der Waals surface area (Å²) < 4.78 is 38.4. The summed E-state index contributed by atoms with van der Waals surface area (Å²) >= 11 is 0.987. The Kier molecular flexibility index (Phi) is 5.51. The Hall–Kier alpha value is -3.08. The van der Waals surface area contributed by atoms with Gasteiger partial charge in [-0.3, -0.25) is 19.7 Å². The molecule has 3 rings (SSSR count). The lowest BCUT2D eigenvalue weighted by molar-refractivity contribution is -0.384. The Morgan fingerprint density at radius 3 is 2.66 bits per heavy atom. The molecule has 1 heterocycles. The highest BCUT2D eigenvalue weighted by Crippen LogP contribution is 2.40. The van der Waals surface area contributed by atoms with Crippen LogP contribution in [0.4, 0.5) is 30.2 Å². The molecule has 0 fully saturated rings. The van der Waals surface area contributed by atoms with Crippen molar-refractivity contribution in [2.75, 3.05) is 10.6 Å².